The zero-order valence-corrected chi connectivity index (χ0v) is 14.0. The van der Waals surface area contributed by atoms with Crippen LogP contribution in [0.4, 0.5) is 0 Å². The van der Waals surface area contributed by atoms with Crippen LogP contribution in [0.1, 0.15) is 50.3 Å². The number of carbonyl (C=O) groups is 1. The maximum absolute atomic E-state index is 12.5. The SMILES string of the molecule is CCCCN(CC1CCCN1)C(=O)CCCc1cccs1. The lowest BCUT2D eigenvalue weighted by atomic mass is 10.1. The highest BCUT2D eigenvalue weighted by Gasteiger charge is 2.20. The van der Waals surface area contributed by atoms with Gasteiger partial charge in [0.05, 0.1) is 0 Å². The van der Waals surface area contributed by atoms with Gasteiger partial charge in [-0.15, -0.1) is 11.3 Å². The molecule has 1 N–H and O–H groups in total. The number of unbranched alkanes of at least 4 members (excludes halogenated alkanes) is 1. The average Bonchev–Trinajstić information content (AvgIpc) is 3.16. The summed E-state index contributed by atoms with van der Waals surface area (Å²) in [4.78, 5) is 16.0. The molecule has 1 unspecified atom stereocenters. The van der Waals surface area contributed by atoms with Crippen molar-refractivity contribution in [2.75, 3.05) is 19.6 Å². The van der Waals surface area contributed by atoms with E-state index in [1.807, 2.05) is 0 Å². The fourth-order valence-electron chi connectivity index (χ4n) is 2.87. The van der Waals surface area contributed by atoms with Gasteiger partial charge in [-0.2, -0.15) is 0 Å². The van der Waals surface area contributed by atoms with Gasteiger partial charge in [0, 0.05) is 30.4 Å². The van der Waals surface area contributed by atoms with Gasteiger partial charge < -0.3 is 10.2 Å². The normalized spacial score (nSPS) is 18.0. The van der Waals surface area contributed by atoms with Crippen LogP contribution in [-0.2, 0) is 11.2 Å². The van der Waals surface area contributed by atoms with Crippen molar-refractivity contribution in [3.63, 3.8) is 0 Å². The third-order valence-electron chi connectivity index (χ3n) is 4.13. The fraction of sp³-hybridized carbons (Fsp3) is 0.706. The summed E-state index contributed by atoms with van der Waals surface area (Å²) in [7, 11) is 0. The van der Waals surface area contributed by atoms with E-state index in [9.17, 15) is 4.79 Å². The molecule has 1 saturated heterocycles. The first-order valence-electron chi connectivity index (χ1n) is 8.33. The molecule has 118 valence electrons. The zero-order valence-electron chi connectivity index (χ0n) is 13.1. The van der Waals surface area contributed by atoms with E-state index in [1.54, 1.807) is 11.3 Å². The molecule has 2 heterocycles. The Hall–Kier alpha value is -0.870. The number of amides is 1. The lowest BCUT2D eigenvalue weighted by Crippen LogP contribution is -2.41. The lowest BCUT2D eigenvalue weighted by Gasteiger charge is -2.26. The predicted octanol–water partition coefficient (Wildman–Crippen LogP) is 3.45. The van der Waals surface area contributed by atoms with E-state index >= 15 is 0 Å². The largest absolute Gasteiger partial charge is 0.341 e. The molecule has 1 aliphatic heterocycles. The number of aryl methyl sites for hydroxylation is 1. The first kappa shape index (κ1) is 16.5. The van der Waals surface area contributed by atoms with Crippen molar-refractivity contribution < 1.29 is 4.79 Å². The monoisotopic (exact) mass is 308 g/mol. The molecule has 1 aromatic rings. The summed E-state index contributed by atoms with van der Waals surface area (Å²) in [5.41, 5.74) is 0. The maximum atomic E-state index is 12.5. The minimum absolute atomic E-state index is 0.341. The Morgan fingerprint density at radius 1 is 1.48 bits per heavy atom. The third-order valence-corrected chi connectivity index (χ3v) is 5.07. The molecule has 2 rings (SSSR count). The van der Waals surface area contributed by atoms with E-state index in [-0.39, 0.29) is 0 Å². The molecule has 0 radical (unpaired) electrons. The van der Waals surface area contributed by atoms with Crippen molar-refractivity contribution >= 4 is 17.2 Å². The Kier molecular flexibility index (Phi) is 7.24. The van der Waals surface area contributed by atoms with E-state index < -0.39 is 0 Å². The fourth-order valence-corrected chi connectivity index (χ4v) is 3.62. The number of rotatable bonds is 9. The topological polar surface area (TPSA) is 32.3 Å². The number of hydrogen-bond donors (Lipinski definition) is 1. The molecule has 0 bridgehead atoms. The first-order chi connectivity index (χ1) is 10.3. The molecule has 3 nitrogen and oxygen atoms in total. The molecule has 1 fully saturated rings. The van der Waals surface area contributed by atoms with Crippen LogP contribution in [0.5, 0.6) is 0 Å². The summed E-state index contributed by atoms with van der Waals surface area (Å²) in [5, 5.41) is 5.61. The van der Waals surface area contributed by atoms with Crippen LogP contribution in [0.15, 0.2) is 17.5 Å². The molecule has 0 spiro atoms. The van der Waals surface area contributed by atoms with Crippen molar-refractivity contribution in [3.05, 3.63) is 22.4 Å². The van der Waals surface area contributed by atoms with Crippen molar-refractivity contribution in [2.45, 2.75) is 57.9 Å². The van der Waals surface area contributed by atoms with E-state index in [0.29, 0.717) is 18.4 Å². The number of nitrogens with one attached hydrogen (secondary N) is 1. The highest BCUT2D eigenvalue weighted by atomic mass is 32.1. The summed E-state index contributed by atoms with van der Waals surface area (Å²) in [6.07, 6.45) is 7.42. The van der Waals surface area contributed by atoms with E-state index in [0.717, 1.165) is 45.3 Å². The second kappa shape index (κ2) is 9.21. The quantitative estimate of drug-likeness (QED) is 0.758. The minimum Gasteiger partial charge on any atom is -0.341 e. The summed E-state index contributed by atoms with van der Waals surface area (Å²) >= 11 is 1.79. The van der Waals surface area contributed by atoms with Gasteiger partial charge >= 0.3 is 0 Å². The molecule has 0 aliphatic carbocycles. The Morgan fingerprint density at radius 3 is 3.05 bits per heavy atom. The van der Waals surface area contributed by atoms with Crippen molar-refractivity contribution in [1.29, 1.82) is 0 Å². The van der Waals surface area contributed by atoms with Gasteiger partial charge in [0.15, 0.2) is 0 Å². The van der Waals surface area contributed by atoms with Crippen LogP contribution in [0, 0.1) is 0 Å². The van der Waals surface area contributed by atoms with Crippen molar-refractivity contribution in [3.8, 4) is 0 Å². The summed E-state index contributed by atoms with van der Waals surface area (Å²) in [5.74, 6) is 0.341. The van der Waals surface area contributed by atoms with Crippen LogP contribution in [0.2, 0.25) is 0 Å². The smallest absolute Gasteiger partial charge is 0.222 e. The Balaban J connectivity index is 1.75. The number of hydrogen-bond acceptors (Lipinski definition) is 3. The molecule has 1 atom stereocenters. The molecule has 0 aromatic carbocycles. The summed E-state index contributed by atoms with van der Waals surface area (Å²) < 4.78 is 0. The van der Waals surface area contributed by atoms with E-state index in [4.69, 9.17) is 0 Å². The minimum atomic E-state index is 0.341. The molecular weight excluding hydrogens is 280 g/mol. The van der Waals surface area contributed by atoms with E-state index in [2.05, 4.69) is 34.7 Å². The van der Waals surface area contributed by atoms with Gasteiger partial charge in [-0.05, 0) is 50.1 Å². The maximum Gasteiger partial charge on any atom is 0.222 e. The van der Waals surface area contributed by atoms with Gasteiger partial charge in [0.25, 0.3) is 0 Å². The van der Waals surface area contributed by atoms with Gasteiger partial charge in [0.1, 0.15) is 0 Å². The highest BCUT2D eigenvalue weighted by molar-refractivity contribution is 7.09. The number of carbonyl (C=O) groups excluding carboxylic acids is 1. The van der Waals surface area contributed by atoms with Gasteiger partial charge in [-0.3, -0.25) is 4.79 Å². The Morgan fingerprint density at radius 2 is 2.38 bits per heavy atom. The number of thiophene rings is 1. The molecule has 4 heteroatoms. The van der Waals surface area contributed by atoms with Gasteiger partial charge in [0.2, 0.25) is 5.91 Å². The molecule has 21 heavy (non-hydrogen) atoms. The lowest BCUT2D eigenvalue weighted by molar-refractivity contribution is -0.131. The Bertz CT molecular complexity index is 399. The molecule has 1 aliphatic rings. The second-order valence-corrected chi connectivity index (χ2v) is 6.95. The standard InChI is InChI=1S/C17H28N2OS/c1-2-3-12-19(14-15-7-5-11-18-15)17(20)10-4-8-16-9-6-13-21-16/h6,9,13,15,18H,2-5,7-8,10-12,14H2,1H3. The molecule has 1 aromatic heterocycles. The van der Waals surface area contributed by atoms with Crippen LogP contribution in [-0.4, -0.2) is 36.5 Å². The predicted molar refractivity (Wildman–Crippen MR) is 89.8 cm³/mol. The van der Waals surface area contributed by atoms with Gasteiger partial charge in [-0.25, -0.2) is 0 Å². The van der Waals surface area contributed by atoms with E-state index in [1.165, 1.54) is 17.7 Å². The van der Waals surface area contributed by atoms with Gasteiger partial charge in [-0.1, -0.05) is 19.4 Å². The first-order valence-corrected chi connectivity index (χ1v) is 9.21. The number of nitrogens with zero attached hydrogens (tertiary/aromatic N) is 1. The van der Waals surface area contributed by atoms with Crippen LogP contribution < -0.4 is 5.32 Å². The third kappa shape index (κ3) is 5.79. The second-order valence-electron chi connectivity index (χ2n) is 5.92. The zero-order chi connectivity index (χ0) is 14.9. The van der Waals surface area contributed by atoms with Crippen molar-refractivity contribution in [2.24, 2.45) is 0 Å². The van der Waals surface area contributed by atoms with Crippen LogP contribution in [0.25, 0.3) is 0 Å². The average molecular weight is 308 g/mol. The molecule has 1 amide bonds. The Labute approximate surface area is 132 Å². The van der Waals surface area contributed by atoms with Crippen LogP contribution >= 0.6 is 11.3 Å². The summed E-state index contributed by atoms with van der Waals surface area (Å²) in [6, 6.07) is 4.76. The summed E-state index contributed by atoms with van der Waals surface area (Å²) in [6.45, 7) is 5.12. The molecule has 0 saturated carbocycles. The van der Waals surface area contributed by atoms with Crippen LogP contribution in [0.3, 0.4) is 0 Å². The van der Waals surface area contributed by atoms with Crippen molar-refractivity contribution in [1.82, 2.24) is 10.2 Å². The molecular formula is C17H28N2OS. The highest BCUT2D eigenvalue weighted by Crippen LogP contribution is 2.14.